The van der Waals surface area contributed by atoms with E-state index in [2.05, 4.69) is 4.98 Å². The fraction of sp³-hybridized carbons (Fsp3) is 0.158. The predicted molar refractivity (Wildman–Crippen MR) is 96.1 cm³/mol. The number of hydrogen-bond acceptors (Lipinski definition) is 4. The summed E-state index contributed by atoms with van der Waals surface area (Å²) in [6, 6.07) is 11.5. The average Bonchev–Trinajstić information content (AvgIpc) is 3.17. The monoisotopic (exact) mass is 390 g/mol. The Morgan fingerprint density at radius 2 is 2.07 bits per heavy atom. The number of carbonyl (C=O) groups excluding carboxylic acids is 1. The zero-order valence-electron chi connectivity index (χ0n) is 14.1. The molecule has 0 atom stereocenters. The summed E-state index contributed by atoms with van der Waals surface area (Å²) in [4.78, 5) is 16.6. The third kappa shape index (κ3) is 3.04. The van der Waals surface area contributed by atoms with Crippen molar-refractivity contribution in [1.29, 1.82) is 0 Å². The zero-order chi connectivity index (χ0) is 19.1. The maximum Gasteiger partial charge on any atom is 0.375 e. The average molecular weight is 391 g/mol. The maximum atomic E-state index is 13.4. The van der Waals surface area contributed by atoms with Gasteiger partial charge in [-0.05, 0) is 37.3 Å². The fourth-order valence-corrected chi connectivity index (χ4v) is 3.17. The van der Waals surface area contributed by atoms with Crippen LogP contribution in [0.25, 0.3) is 22.0 Å². The summed E-state index contributed by atoms with van der Waals surface area (Å²) in [6.45, 7) is -1.51. The molecular weight excluding hydrogens is 378 g/mol. The first-order valence-corrected chi connectivity index (χ1v) is 8.43. The van der Waals surface area contributed by atoms with Crippen molar-refractivity contribution in [2.75, 3.05) is 0 Å². The van der Waals surface area contributed by atoms with Crippen LogP contribution in [0.2, 0.25) is 5.02 Å². The Morgan fingerprint density at radius 1 is 1.30 bits per heavy atom. The molecule has 0 spiro atoms. The first kappa shape index (κ1) is 17.5. The van der Waals surface area contributed by atoms with Gasteiger partial charge in [-0.15, -0.1) is 0 Å². The van der Waals surface area contributed by atoms with E-state index in [4.69, 9.17) is 20.8 Å². The van der Waals surface area contributed by atoms with Crippen LogP contribution in [0.5, 0.6) is 0 Å². The lowest BCUT2D eigenvalue weighted by Crippen LogP contribution is -2.10. The topological polar surface area (TPSA) is 57.3 Å². The van der Waals surface area contributed by atoms with Crippen molar-refractivity contribution in [3.05, 3.63) is 64.6 Å². The van der Waals surface area contributed by atoms with Crippen LogP contribution in [-0.2, 0) is 11.3 Å². The standard InChI is InChI=1S/C19H13ClF2N2O3/c1-10-12-8-11(20)6-7-15(12)27-17(10)18(25)26-9-16-23-13-4-2-3-5-14(13)24(16)19(21)22/h2-8,19H,9H2,1H3. The third-order valence-electron chi connectivity index (χ3n) is 4.28. The second kappa shape index (κ2) is 6.66. The molecule has 0 amide bonds. The smallest absolute Gasteiger partial charge is 0.375 e. The van der Waals surface area contributed by atoms with Crippen molar-refractivity contribution < 1.29 is 22.7 Å². The molecule has 27 heavy (non-hydrogen) atoms. The van der Waals surface area contributed by atoms with Gasteiger partial charge < -0.3 is 9.15 Å². The Balaban J connectivity index is 1.63. The van der Waals surface area contributed by atoms with Gasteiger partial charge in [0.1, 0.15) is 12.2 Å². The van der Waals surface area contributed by atoms with Gasteiger partial charge in [0.25, 0.3) is 0 Å². The van der Waals surface area contributed by atoms with Gasteiger partial charge in [-0.25, -0.2) is 9.78 Å². The molecule has 5 nitrogen and oxygen atoms in total. The number of rotatable bonds is 4. The summed E-state index contributed by atoms with van der Waals surface area (Å²) in [6.07, 6.45) is 0. The molecule has 2 heterocycles. The number of aryl methyl sites for hydroxylation is 1. The molecule has 0 fully saturated rings. The Kier molecular flexibility index (Phi) is 4.31. The summed E-state index contributed by atoms with van der Waals surface area (Å²) in [5, 5.41) is 1.20. The Hall–Kier alpha value is -2.93. The number of hydrogen-bond donors (Lipinski definition) is 0. The van der Waals surface area contributed by atoms with Gasteiger partial charge in [0.05, 0.1) is 11.0 Å². The van der Waals surface area contributed by atoms with Crippen molar-refractivity contribution in [3.8, 4) is 0 Å². The fourth-order valence-electron chi connectivity index (χ4n) is 3.00. The van der Waals surface area contributed by atoms with Crippen LogP contribution in [0.4, 0.5) is 8.78 Å². The lowest BCUT2D eigenvalue weighted by atomic mass is 10.1. The van der Waals surface area contributed by atoms with Gasteiger partial charge in [-0.3, -0.25) is 4.57 Å². The van der Waals surface area contributed by atoms with Gasteiger partial charge in [0.15, 0.2) is 5.82 Å². The minimum absolute atomic E-state index is 0.00646. The summed E-state index contributed by atoms with van der Waals surface area (Å²) >= 11 is 5.97. The molecule has 4 rings (SSSR count). The van der Waals surface area contributed by atoms with E-state index in [1.54, 1.807) is 43.3 Å². The summed E-state index contributed by atoms with van der Waals surface area (Å²) in [5.41, 5.74) is 1.73. The Morgan fingerprint density at radius 3 is 2.85 bits per heavy atom. The van der Waals surface area contributed by atoms with E-state index in [1.165, 1.54) is 6.07 Å². The number of para-hydroxylation sites is 2. The third-order valence-corrected chi connectivity index (χ3v) is 4.52. The molecule has 2 aromatic carbocycles. The van der Waals surface area contributed by atoms with Gasteiger partial charge in [-0.2, -0.15) is 8.78 Å². The summed E-state index contributed by atoms with van der Waals surface area (Å²) in [7, 11) is 0. The van der Waals surface area contributed by atoms with E-state index in [1.807, 2.05) is 0 Å². The van der Waals surface area contributed by atoms with Gasteiger partial charge in [0, 0.05) is 16.0 Å². The van der Waals surface area contributed by atoms with E-state index in [0.29, 0.717) is 27.1 Å². The van der Waals surface area contributed by atoms with Crippen LogP contribution < -0.4 is 0 Å². The number of furan rings is 1. The quantitative estimate of drug-likeness (QED) is 0.432. The number of esters is 1. The number of alkyl halides is 2. The van der Waals surface area contributed by atoms with Crippen molar-refractivity contribution in [2.24, 2.45) is 0 Å². The van der Waals surface area contributed by atoms with E-state index in [-0.39, 0.29) is 17.1 Å². The SMILES string of the molecule is Cc1c(C(=O)OCc2nc3ccccc3n2C(F)F)oc2ccc(Cl)cc12. The largest absolute Gasteiger partial charge is 0.452 e. The highest BCUT2D eigenvalue weighted by molar-refractivity contribution is 6.31. The van der Waals surface area contributed by atoms with Crippen LogP contribution in [0.1, 0.15) is 28.5 Å². The van der Waals surface area contributed by atoms with Gasteiger partial charge in [-0.1, -0.05) is 23.7 Å². The number of aromatic nitrogens is 2. The first-order chi connectivity index (χ1) is 13.0. The lowest BCUT2D eigenvalue weighted by molar-refractivity contribution is 0.0359. The lowest BCUT2D eigenvalue weighted by Gasteiger charge is -2.08. The number of fused-ring (bicyclic) bond motifs is 2. The molecule has 138 valence electrons. The number of benzene rings is 2. The second-order valence-corrected chi connectivity index (χ2v) is 6.37. The number of imidazole rings is 1. The Labute approximate surface area is 157 Å². The van der Waals surface area contributed by atoms with Crippen molar-refractivity contribution in [2.45, 2.75) is 20.1 Å². The van der Waals surface area contributed by atoms with E-state index >= 15 is 0 Å². The molecule has 8 heteroatoms. The highest BCUT2D eigenvalue weighted by Crippen LogP contribution is 2.29. The zero-order valence-corrected chi connectivity index (χ0v) is 14.8. The van der Waals surface area contributed by atoms with Gasteiger partial charge >= 0.3 is 12.5 Å². The molecule has 0 saturated heterocycles. The van der Waals surface area contributed by atoms with Crippen LogP contribution in [0.15, 0.2) is 46.9 Å². The van der Waals surface area contributed by atoms with E-state index < -0.39 is 19.1 Å². The van der Waals surface area contributed by atoms with Gasteiger partial charge in [0.2, 0.25) is 5.76 Å². The molecule has 0 radical (unpaired) electrons. The second-order valence-electron chi connectivity index (χ2n) is 5.94. The van der Waals surface area contributed by atoms with Crippen molar-refractivity contribution >= 4 is 39.6 Å². The van der Waals surface area contributed by atoms with Crippen molar-refractivity contribution in [3.63, 3.8) is 0 Å². The molecule has 0 aliphatic heterocycles. The molecule has 0 unspecified atom stereocenters. The molecule has 0 N–H and O–H groups in total. The van der Waals surface area contributed by atoms with Crippen LogP contribution >= 0.6 is 11.6 Å². The minimum Gasteiger partial charge on any atom is -0.452 e. The predicted octanol–water partition coefficient (Wildman–Crippen LogP) is 5.50. The molecule has 0 saturated carbocycles. The first-order valence-electron chi connectivity index (χ1n) is 8.05. The normalized spacial score (nSPS) is 11.6. The minimum atomic E-state index is -2.80. The molecule has 4 aromatic rings. The Bertz CT molecular complexity index is 1170. The summed E-state index contributed by atoms with van der Waals surface area (Å²) < 4.78 is 38.3. The molecule has 0 aliphatic rings. The van der Waals surface area contributed by atoms with Crippen molar-refractivity contribution in [1.82, 2.24) is 9.55 Å². The van der Waals surface area contributed by atoms with E-state index in [0.717, 1.165) is 4.57 Å². The molecular formula is C19H13ClF2N2O3. The molecule has 0 aliphatic carbocycles. The molecule has 2 aromatic heterocycles. The molecule has 0 bridgehead atoms. The highest BCUT2D eigenvalue weighted by atomic mass is 35.5. The number of nitrogens with zero attached hydrogens (tertiary/aromatic N) is 2. The maximum absolute atomic E-state index is 13.4. The highest BCUT2D eigenvalue weighted by Gasteiger charge is 2.22. The van der Waals surface area contributed by atoms with Crippen LogP contribution in [0, 0.1) is 6.92 Å². The van der Waals surface area contributed by atoms with Crippen LogP contribution in [-0.4, -0.2) is 15.5 Å². The number of halogens is 3. The number of ether oxygens (including phenoxy) is 1. The summed E-state index contributed by atoms with van der Waals surface area (Å²) in [5.74, 6) is -0.795. The number of carbonyl (C=O) groups is 1. The van der Waals surface area contributed by atoms with Crippen LogP contribution in [0.3, 0.4) is 0 Å². The van der Waals surface area contributed by atoms with E-state index in [9.17, 15) is 13.6 Å².